The van der Waals surface area contributed by atoms with E-state index in [0.29, 0.717) is 24.7 Å². The second-order valence-corrected chi connectivity index (χ2v) is 6.72. The van der Waals surface area contributed by atoms with Crippen molar-refractivity contribution in [3.63, 3.8) is 0 Å². The van der Waals surface area contributed by atoms with Crippen LogP contribution in [0, 0.1) is 11.6 Å². The molecule has 0 fully saturated rings. The molecule has 3 rings (SSSR count). The maximum Gasteiger partial charge on any atom is 0.162 e. The van der Waals surface area contributed by atoms with Crippen LogP contribution in [0.3, 0.4) is 0 Å². The highest BCUT2D eigenvalue weighted by Gasteiger charge is 2.11. The highest BCUT2D eigenvalue weighted by molar-refractivity contribution is 9.10. The third-order valence-electron chi connectivity index (χ3n) is 3.97. The van der Waals surface area contributed by atoms with E-state index >= 15 is 0 Å². The molecule has 140 valence electrons. The highest BCUT2D eigenvalue weighted by Crippen LogP contribution is 2.34. The number of rotatable bonds is 7. The van der Waals surface area contributed by atoms with Gasteiger partial charge in [0.25, 0.3) is 0 Å². The molecule has 3 aromatic rings. The largest absolute Gasteiger partial charge is 0.493 e. The van der Waals surface area contributed by atoms with Gasteiger partial charge in [0, 0.05) is 16.7 Å². The van der Waals surface area contributed by atoms with E-state index in [9.17, 15) is 8.78 Å². The van der Waals surface area contributed by atoms with Crippen LogP contribution in [0.25, 0.3) is 0 Å². The minimum atomic E-state index is -0.280. The van der Waals surface area contributed by atoms with Crippen molar-refractivity contribution in [1.29, 1.82) is 0 Å². The van der Waals surface area contributed by atoms with Crippen LogP contribution in [0.1, 0.15) is 11.1 Å². The molecule has 0 aliphatic carbocycles. The topological polar surface area (TPSA) is 30.5 Å². The first-order valence-corrected chi connectivity index (χ1v) is 9.07. The zero-order chi connectivity index (χ0) is 19.2. The Labute approximate surface area is 165 Å². The summed E-state index contributed by atoms with van der Waals surface area (Å²) in [5.74, 6) is 0.624. The van der Waals surface area contributed by atoms with E-state index in [1.165, 1.54) is 24.3 Å². The minimum Gasteiger partial charge on any atom is -0.493 e. The van der Waals surface area contributed by atoms with Gasteiger partial charge in [-0.15, -0.1) is 0 Å². The summed E-state index contributed by atoms with van der Waals surface area (Å²) >= 11 is 3.55. The minimum absolute atomic E-state index is 0.272. The first kappa shape index (κ1) is 19.2. The zero-order valence-corrected chi connectivity index (χ0v) is 16.2. The molecule has 0 saturated carbocycles. The Balaban J connectivity index is 1.70. The van der Waals surface area contributed by atoms with Gasteiger partial charge in [-0.05, 0) is 59.7 Å². The number of benzene rings is 3. The number of hydrogen-bond donors (Lipinski definition) is 1. The van der Waals surface area contributed by atoms with Crippen molar-refractivity contribution in [3.05, 3.63) is 87.9 Å². The number of anilines is 1. The number of hydrogen-bond acceptors (Lipinski definition) is 3. The van der Waals surface area contributed by atoms with Crippen LogP contribution in [0.2, 0.25) is 0 Å². The maximum atomic E-state index is 13.0. The normalized spacial score (nSPS) is 10.5. The second-order valence-electron chi connectivity index (χ2n) is 5.87. The van der Waals surface area contributed by atoms with Crippen LogP contribution in [0.4, 0.5) is 14.5 Å². The van der Waals surface area contributed by atoms with Crippen LogP contribution in [-0.2, 0) is 13.2 Å². The van der Waals surface area contributed by atoms with E-state index in [0.717, 1.165) is 21.3 Å². The van der Waals surface area contributed by atoms with Crippen molar-refractivity contribution < 1.29 is 18.3 Å². The van der Waals surface area contributed by atoms with Crippen molar-refractivity contribution in [1.82, 2.24) is 0 Å². The third kappa shape index (κ3) is 5.20. The van der Waals surface area contributed by atoms with Crippen LogP contribution < -0.4 is 14.8 Å². The molecule has 0 aromatic heterocycles. The smallest absolute Gasteiger partial charge is 0.162 e. The van der Waals surface area contributed by atoms with E-state index in [4.69, 9.17) is 9.47 Å². The first-order chi connectivity index (χ1) is 13.0. The number of methoxy groups -OCH3 is 1. The first-order valence-electron chi connectivity index (χ1n) is 8.28. The van der Waals surface area contributed by atoms with Crippen molar-refractivity contribution in [2.24, 2.45) is 0 Å². The molecule has 0 radical (unpaired) electrons. The Bertz CT molecular complexity index is 899. The summed E-state index contributed by atoms with van der Waals surface area (Å²) in [4.78, 5) is 0. The number of ether oxygens (including phenoxy) is 2. The molecular formula is C21H18BrF2NO2. The maximum absolute atomic E-state index is 13.0. The van der Waals surface area contributed by atoms with Gasteiger partial charge in [-0.25, -0.2) is 8.78 Å². The fourth-order valence-corrected chi connectivity index (χ4v) is 2.95. The van der Waals surface area contributed by atoms with Crippen molar-refractivity contribution in [2.75, 3.05) is 12.4 Å². The molecule has 0 heterocycles. The van der Waals surface area contributed by atoms with Gasteiger partial charge in [-0.1, -0.05) is 28.1 Å². The standard InChI is InChI=1S/C21H18BrF2NO2/c1-26-20-10-15(12-25-18-8-6-17(24)7-9-18)19(22)11-21(20)27-13-14-2-4-16(23)5-3-14/h2-11,25H,12-13H2,1H3. The van der Waals surface area contributed by atoms with E-state index in [1.54, 1.807) is 31.4 Å². The van der Waals surface area contributed by atoms with Crippen molar-refractivity contribution in [3.8, 4) is 11.5 Å². The van der Waals surface area contributed by atoms with Gasteiger partial charge < -0.3 is 14.8 Å². The molecule has 3 nitrogen and oxygen atoms in total. The predicted molar refractivity (Wildman–Crippen MR) is 105 cm³/mol. The van der Waals surface area contributed by atoms with E-state index < -0.39 is 0 Å². The molecule has 0 unspecified atom stereocenters. The molecule has 0 saturated heterocycles. The van der Waals surface area contributed by atoms with Gasteiger partial charge in [0.15, 0.2) is 11.5 Å². The van der Waals surface area contributed by atoms with Crippen LogP contribution >= 0.6 is 15.9 Å². The van der Waals surface area contributed by atoms with Gasteiger partial charge in [-0.3, -0.25) is 0 Å². The predicted octanol–water partition coefficient (Wildman–Crippen LogP) is 5.93. The molecular weight excluding hydrogens is 416 g/mol. The monoisotopic (exact) mass is 433 g/mol. The van der Waals surface area contributed by atoms with Crippen LogP contribution in [0.15, 0.2) is 65.1 Å². The number of nitrogens with one attached hydrogen (secondary N) is 1. The summed E-state index contributed by atoms with van der Waals surface area (Å²) < 4.78 is 38.1. The van der Waals surface area contributed by atoms with Gasteiger partial charge in [0.2, 0.25) is 0 Å². The van der Waals surface area contributed by atoms with Gasteiger partial charge in [0.1, 0.15) is 18.2 Å². The molecule has 27 heavy (non-hydrogen) atoms. The lowest BCUT2D eigenvalue weighted by atomic mass is 10.2. The van der Waals surface area contributed by atoms with Gasteiger partial charge >= 0.3 is 0 Å². The molecule has 0 aliphatic heterocycles. The van der Waals surface area contributed by atoms with Crippen molar-refractivity contribution >= 4 is 21.6 Å². The third-order valence-corrected chi connectivity index (χ3v) is 4.71. The van der Waals surface area contributed by atoms with Gasteiger partial charge in [-0.2, -0.15) is 0 Å². The van der Waals surface area contributed by atoms with Crippen LogP contribution in [-0.4, -0.2) is 7.11 Å². The lowest BCUT2D eigenvalue weighted by Gasteiger charge is -2.15. The highest BCUT2D eigenvalue weighted by atomic mass is 79.9. The summed E-state index contributed by atoms with van der Waals surface area (Å²) in [6, 6.07) is 16.0. The second kappa shape index (κ2) is 8.86. The Hall–Kier alpha value is -2.60. The average molecular weight is 434 g/mol. The van der Waals surface area contributed by atoms with Crippen LogP contribution in [0.5, 0.6) is 11.5 Å². The molecule has 3 aromatic carbocycles. The van der Waals surface area contributed by atoms with Gasteiger partial charge in [0.05, 0.1) is 7.11 Å². The van der Waals surface area contributed by atoms with E-state index in [-0.39, 0.29) is 11.6 Å². The van der Waals surface area contributed by atoms with E-state index in [2.05, 4.69) is 21.2 Å². The fourth-order valence-electron chi connectivity index (χ4n) is 2.49. The molecule has 0 bridgehead atoms. The molecule has 0 aliphatic rings. The molecule has 0 atom stereocenters. The summed E-state index contributed by atoms with van der Waals surface area (Å²) in [6.07, 6.45) is 0. The summed E-state index contributed by atoms with van der Waals surface area (Å²) in [5, 5.41) is 3.23. The quantitative estimate of drug-likeness (QED) is 0.500. The summed E-state index contributed by atoms with van der Waals surface area (Å²) in [7, 11) is 1.57. The molecule has 0 amide bonds. The Morgan fingerprint density at radius 2 is 1.52 bits per heavy atom. The Morgan fingerprint density at radius 1 is 0.889 bits per heavy atom. The SMILES string of the molecule is COc1cc(CNc2ccc(F)cc2)c(Br)cc1OCc1ccc(F)cc1. The van der Waals surface area contributed by atoms with E-state index in [1.807, 2.05) is 12.1 Å². The molecule has 6 heteroatoms. The van der Waals surface area contributed by atoms with Crippen molar-refractivity contribution in [2.45, 2.75) is 13.2 Å². The Morgan fingerprint density at radius 3 is 2.15 bits per heavy atom. The lowest BCUT2D eigenvalue weighted by molar-refractivity contribution is 0.284. The average Bonchev–Trinajstić information content (AvgIpc) is 2.68. The summed E-state index contributed by atoms with van der Waals surface area (Å²) in [5.41, 5.74) is 2.64. The molecule has 0 spiro atoms. The Kier molecular flexibility index (Phi) is 6.29. The fraction of sp³-hybridized carbons (Fsp3) is 0.143. The zero-order valence-electron chi connectivity index (χ0n) is 14.6. The summed E-state index contributed by atoms with van der Waals surface area (Å²) in [6.45, 7) is 0.830. The number of halogens is 3. The lowest BCUT2D eigenvalue weighted by Crippen LogP contribution is -2.03. The molecule has 1 N–H and O–H groups in total.